The van der Waals surface area contributed by atoms with Crippen LogP contribution in [0.25, 0.3) is 10.8 Å². The number of amides is 3. The molecule has 2 aromatic carbocycles. The minimum atomic E-state index is -0.919. The Morgan fingerprint density at radius 2 is 1.72 bits per heavy atom. The fourth-order valence-electron chi connectivity index (χ4n) is 7.12. The van der Waals surface area contributed by atoms with Crippen LogP contribution in [0.4, 0.5) is 5.69 Å². The Kier molecular flexibility index (Phi) is 6.38. The van der Waals surface area contributed by atoms with E-state index in [1.165, 1.54) is 0 Å². The van der Waals surface area contributed by atoms with Gasteiger partial charge in [0.2, 0.25) is 11.8 Å². The molecule has 6 rings (SSSR count). The summed E-state index contributed by atoms with van der Waals surface area (Å²) in [7, 11) is 0. The van der Waals surface area contributed by atoms with E-state index in [2.05, 4.69) is 6.08 Å². The molecule has 0 aromatic heterocycles. The molecule has 4 aliphatic heterocycles. The molecule has 0 aliphatic carbocycles. The van der Waals surface area contributed by atoms with E-state index in [-0.39, 0.29) is 24.3 Å². The first-order valence-corrected chi connectivity index (χ1v) is 14.6. The summed E-state index contributed by atoms with van der Waals surface area (Å²) in [5, 5.41) is 12.3. The minimum Gasteiger partial charge on any atom is -0.394 e. The maximum absolute atomic E-state index is 14.6. The van der Waals surface area contributed by atoms with Crippen molar-refractivity contribution in [1.29, 1.82) is 0 Å². The second kappa shape index (κ2) is 9.52. The van der Waals surface area contributed by atoms with E-state index in [1.807, 2.05) is 79.4 Å². The molecule has 204 valence electrons. The summed E-state index contributed by atoms with van der Waals surface area (Å²) in [6.45, 7) is 7.11. The van der Waals surface area contributed by atoms with Crippen LogP contribution in [-0.4, -0.2) is 80.4 Å². The number of fused-ring (bicyclic) bond motifs is 3. The molecule has 1 spiro atoms. The zero-order chi connectivity index (χ0) is 27.5. The number of rotatable bonds is 5. The fourth-order valence-corrected chi connectivity index (χ4v) is 9.27. The first-order valence-electron chi connectivity index (χ1n) is 13.8. The SMILES string of the molecule is CCCN1CC=C[C@]2(C)S[C@]34C=CCN(c5ccc6ccccc6c5)C(=O)C3N([C@H](C)CO)C(=O)[C@@H]4[C@@H]2C1=O. The van der Waals surface area contributed by atoms with Crippen LogP contribution in [0, 0.1) is 11.8 Å². The lowest BCUT2D eigenvalue weighted by atomic mass is 9.74. The number of aliphatic hydroxyl groups is 1. The second-order valence-electron chi connectivity index (χ2n) is 11.3. The molecule has 3 amide bonds. The summed E-state index contributed by atoms with van der Waals surface area (Å²) in [6, 6.07) is 12.6. The van der Waals surface area contributed by atoms with Crippen LogP contribution in [0.1, 0.15) is 27.2 Å². The van der Waals surface area contributed by atoms with E-state index in [9.17, 15) is 19.5 Å². The lowest BCUT2D eigenvalue weighted by Crippen LogP contribution is -2.56. The van der Waals surface area contributed by atoms with Crippen LogP contribution in [0.15, 0.2) is 66.8 Å². The zero-order valence-corrected chi connectivity index (χ0v) is 23.4. The van der Waals surface area contributed by atoms with E-state index in [0.29, 0.717) is 19.6 Å². The third kappa shape index (κ3) is 3.79. The van der Waals surface area contributed by atoms with Crippen LogP contribution < -0.4 is 4.90 Å². The average molecular weight is 546 g/mol. The molecular formula is C31H35N3O4S. The minimum absolute atomic E-state index is 0.0270. The highest BCUT2D eigenvalue weighted by molar-refractivity contribution is 8.02. The van der Waals surface area contributed by atoms with Crippen LogP contribution in [0.2, 0.25) is 0 Å². The van der Waals surface area contributed by atoms with Crippen molar-refractivity contribution >= 4 is 45.9 Å². The average Bonchev–Trinajstić information content (AvgIpc) is 3.21. The summed E-state index contributed by atoms with van der Waals surface area (Å²) in [5.74, 6) is -1.72. The summed E-state index contributed by atoms with van der Waals surface area (Å²) in [4.78, 5) is 48.1. The van der Waals surface area contributed by atoms with Crippen LogP contribution in [-0.2, 0) is 14.4 Å². The fraction of sp³-hybridized carbons (Fsp3) is 0.452. The Balaban J connectivity index is 1.48. The number of nitrogens with zero attached hydrogens (tertiary/aromatic N) is 3. The number of carbonyl (C=O) groups excluding carboxylic acids is 3. The van der Waals surface area contributed by atoms with Gasteiger partial charge in [0, 0.05) is 30.1 Å². The molecule has 1 unspecified atom stereocenters. The van der Waals surface area contributed by atoms with Gasteiger partial charge in [-0.1, -0.05) is 61.6 Å². The molecule has 4 heterocycles. The lowest BCUT2D eigenvalue weighted by Gasteiger charge is -2.38. The number of aliphatic hydroxyl groups excluding tert-OH is 1. The molecule has 2 aromatic rings. The molecule has 2 saturated heterocycles. The van der Waals surface area contributed by atoms with Gasteiger partial charge >= 0.3 is 0 Å². The molecule has 6 atom stereocenters. The van der Waals surface area contributed by atoms with Gasteiger partial charge in [0.05, 0.1) is 29.2 Å². The zero-order valence-electron chi connectivity index (χ0n) is 22.6. The number of hydrogen-bond donors (Lipinski definition) is 1. The van der Waals surface area contributed by atoms with Gasteiger partial charge in [-0.25, -0.2) is 0 Å². The van der Waals surface area contributed by atoms with Crippen LogP contribution >= 0.6 is 11.8 Å². The number of anilines is 1. The van der Waals surface area contributed by atoms with Crippen molar-refractivity contribution in [3.63, 3.8) is 0 Å². The van der Waals surface area contributed by atoms with E-state index in [1.54, 1.807) is 28.5 Å². The highest BCUT2D eigenvalue weighted by Crippen LogP contribution is 2.65. The first kappa shape index (κ1) is 26.1. The smallest absolute Gasteiger partial charge is 0.251 e. The first-order chi connectivity index (χ1) is 18.8. The van der Waals surface area contributed by atoms with Gasteiger partial charge < -0.3 is 19.8 Å². The summed E-state index contributed by atoms with van der Waals surface area (Å²) < 4.78 is -1.55. The van der Waals surface area contributed by atoms with Gasteiger partial charge in [-0.3, -0.25) is 14.4 Å². The highest BCUT2D eigenvalue weighted by atomic mass is 32.2. The Bertz CT molecular complexity index is 1410. The summed E-state index contributed by atoms with van der Waals surface area (Å²) in [5.41, 5.74) is 0.765. The van der Waals surface area contributed by atoms with E-state index < -0.39 is 33.4 Å². The third-order valence-corrected chi connectivity index (χ3v) is 10.7. The van der Waals surface area contributed by atoms with E-state index in [0.717, 1.165) is 22.9 Å². The maximum Gasteiger partial charge on any atom is 0.251 e. The lowest BCUT2D eigenvalue weighted by molar-refractivity contribution is -0.145. The predicted octanol–water partition coefficient (Wildman–Crippen LogP) is 3.62. The molecule has 39 heavy (non-hydrogen) atoms. The molecular weight excluding hydrogens is 510 g/mol. The monoisotopic (exact) mass is 545 g/mol. The van der Waals surface area contributed by atoms with Crippen LogP contribution in [0.5, 0.6) is 0 Å². The molecule has 7 nitrogen and oxygen atoms in total. The van der Waals surface area contributed by atoms with Crippen molar-refractivity contribution in [3.05, 3.63) is 66.8 Å². The van der Waals surface area contributed by atoms with Gasteiger partial charge in [-0.05, 0) is 43.2 Å². The van der Waals surface area contributed by atoms with Crippen molar-refractivity contribution < 1.29 is 19.5 Å². The molecule has 4 aliphatic rings. The van der Waals surface area contributed by atoms with Crippen LogP contribution in [0.3, 0.4) is 0 Å². The van der Waals surface area contributed by atoms with Gasteiger partial charge in [-0.15, -0.1) is 11.8 Å². The van der Waals surface area contributed by atoms with Gasteiger partial charge in [0.1, 0.15) is 6.04 Å². The van der Waals surface area contributed by atoms with Crippen molar-refractivity contribution in [1.82, 2.24) is 9.80 Å². The molecule has 0 saturated carbocycles. The topological polar surface area (TPSA) is 81.2 Å². The molecule has 1 N–H and O–H groups in total. The number of hydrogen-bond acceptors (Lipinski definition) is 5. The normalized spacial score (nSPS) is 32.8. The predicted molar refractivity (Wildman–Crippen MR) is 154 cm³/mol. The Hall–Kier alpha value is -3.10. The molecule has 0 radical (unpaired) electrons. The molecule has 8 heteroatoms. The standard InChI is InChI=1S/C31H35N3O4S/c1-4-15-32-16-7-13-30(3)24(27(32)36)25-28(37)34(20(2)19-35)26-29(38)33(17-8-14-31(25,26)39-30)23-12-11-21-9-5-6-10-22(21)18-23/h5-14,18,20,24-26,35H,4,15-17,19H2,1-3H3/t20-,24-,25+,26?,30+,31+/m1/s1. The summed E-state index contributed by atoms with van der Waals surface area (Å²) in [6.07, 6.45) is 8.96. The van der Waals surface area contributed by atoms with Crippen molar-refractivity contribution in [3.8, 4) is 0 Å². The number of likely N-dealkylation sites (tertiary alicyclic amines) is 1. The number of carbonyl (C=O) groups is 3. The summed E-state index contributed by atoms with van der Waals surface area (Å²) >= 11 is 1.58. The van der Waals surface area contributed by atoms with Crippen molar-refractivity contribution in [2.75, 3.05) is 31.1 Å². The van der Waals surface area contributed by atoms with Gasteiger partial charge in [0.25, 0.3) is 5.91 Å². The van der Waals surface area contributed by atoms with Gasteiger partial charge in [0.15, 0.2) is 0 Å². The number of benzene rings is 2. The van der Waals surface area contributed by atoms with E-state index in [4.69, 9.17) is 0 Å². The Morgan fingerprint density at radius 3 is 2.46 bits per heavy atom. The van der Waals surface area contributed by atoms with E-state index >= 15 is 0 Å². The number of thioether (sulfide) groups is 1. The largest absolute Gasteiger partial charge is 0.394 e. The van der Waals surface area contributed by atoms with Crippen molar-refractivity contribution in [2.45, 2.75) is 48.8 Å². The maximum atomic E-state index is 14.6. The molecule has 2 fully saturated rings. The quantitative estimate of drug-likeness (QED) is 0.581. The highest BCUT2D eigenvalue weighted by Gasteiger charge is 2.74. The Morgan fingerprint density at radius 1 is 0.974 bits per heavy atom. The second-order valence-corrected chi connectivity index (χ2v) is 13.1. The third-order valence-electron chi connectivity index (χ3n) is 8.86. The van der Waals surface area contributed by atoms with Gasteiger partial charge in [-0.2, -0.15) is 0 Å². The Labute approximate surface area is 233 Å². The molecule has 0 bridgehead atoms. The van der Waals surface area contributed by atoms with Crippen molar-refractivity contribution in [2.24, 2.45) is 11.8 Å².